The van der Waals surface area contributed by atoms with Gasteiger partial charge in [-0.25, -0.2) is 8.96 Å². The zero-order valence-electron chi connectivity index (χ0n) is 20.0. The first-order valence-electron chi connectivity index (χ1n) is 11.3. The van der Waals surface area contributed by atoms with Gasteiger partial charge in [0.05, 0.1) is 6.61 Å². The minimum Gasteiger partial charge on any atom is -0.460 e. The lowest BCUT2D eigenvalue weighted by molar-refractivity contribution is -0.149. The lowest BCUT2D eigenvalue weighted by atomic mass is 9.97. The fourth-order valence-electron chi connectivity index (χ4n) is 3.66. The van der Waals surface area contributed by atoms with Crippen LogP contribution in [-0.2, 0) is 28.2 Å². The van der Waals surface area contributed by atoms with Gasteiger partial charge >= 0.3 is 13.7 Å². The standard InChI is InChI=1S/C23H31FN3O8P/c1-4-12-32-21(30)15(2)26-36(31,35-17-8-6-5-7-9-17)33-14-18-20(29)23(3,24)22(34-18)27-11-10-16(25)13-19(27)28/h4-11,15-16,18,20,22,29H,1,12-14,25H2,2-3H3,(H,26,31)/t15-,16?,18+,20+,22+,23+,36-/m0/s1. The molecule has 11 nitrogen and oxygen atoms in total. The number of nitrogens with one attached hydrogen (secondary N) is 1. The molecule has 7 atom stereocenters. The first-order chi connectivity index (χ1) is 17.0. The van der Waals surface area contributed by atoms with Gasteiger partial charge in [0.2, 0.25) is 5.91 Å². The van der Waals surface area contributed by atoms with Crippen molar-refractivity contribution in [3.63, 3.8) is 0 Å². The number of hydrogen-bond donors (Lipinski definition) is 3. The summed E-state index contributed by atoms with van der Waals surface area (Å²) in [5.41, 5.74) is 3.35. The van der Waals surface area contributed by atoms with Crippen LogP contribution in [0.1, 0.15) is 20.3 Å². The van der Waals surface area contributed by atoms with Crippen LogP contribution in [0.5, 0.6) is 5.75 Å². The highest BCUT2D eigenvalue weighted by Crippen LogP contribution is 2.46. The van der Waals surface area contributed by atoms with Crippen LogP contribution in [0.3, 0.4) is 0 Å². The number of benzene rings is 1. The predicted molar refractivity (Wildman–Crippen MR) is 127 cm³/mol. The Morgan fingerprint density at radius 1 is 1.47 bits per heavy atom. The maximum absolute atomic E-state index is 15.5. The smallest absolute Gasteiger partial charge is 0.459 e. The average molecular weight is 527 g/mol. The molecule has 1 unspecified atom stereocenters. The fourth-order valence-corrected chi connectivity index (χ4v) is 5.16. The molecular formula is C23H31FN3O8P. The maximum atomic E-state index is 15.5. The molecule has 0 radical (unpaired) electrons. The summed E-state index contributed by atoms with van der Waals surface area (Å²) in [5, 5.41) is 13.1. The number of nitrogens with zero attached hydrogens (tertiary/aromatic N) is 1. The number of ether oxygens (including phenoxy) is 2. The van der Waals surface area contributed by atoms with Crippen LogP contribution < -0.4 is 15.3 Å². The number of amides is 1. The van der Waals surface area contributed by atoms with Gasteiger partial charge in [-0.05, 0) is 26.0 Å². The molecule has 0 aromatic heterocycles. The van der Waals surface area contributed by atoms with E-state index in [-0.39, 0.29) is 18.8 Å². The number of rotatable bonds is 11. The summed E-state index contributed by atoms with van der Waals surface area (Å²) in [6, 6.07) is 6.42. The van der Waals surface area contributed by atoms with E-state index in [4.69, 9.17) is 24.3 Å². The van der Waals surface area contributed by atoms with Crippen LogP contribution >= 0.6 is 7.75 Å². The van der Waals surface area contributed by atoms with E-state index < -0.39 is 62.4 Å². The number of aliphatic hydroxyl groups excluding tert-OH is 1. The molecule has 1 aromatic carbocycles. The van der Waals surface area contributed by atoms with Gasteiger partial charge in [-0.1, -0.05) is 36.9 Å². The molecule has 2 aliphatic rings. The molecule has 0 bridgehead atoms. The van der Waals surface area contributed by atoms with Crippen molar-refractivity contribution in [2.75, 3.05) is 13.2 Å². The van der Waals surface area contributed by atoms with Crippen molar-refractivity contribution in [1.82, 2.24) is 9.99 Å². The van der Waals surface area contributed by atoms with Crippen LogP contribution in [0.2, 0.25) is 0 Å². The number of hydrogen-bond acceptors (Lipinski definition) is 9. The lowest BCUT2D eigenvalue weighted by Crippen LogP contribution is -2.52. The van der Waals surface area contributed by atoms with Crippen LogP contribution in [0, 0.1) is 0 Å². The Hall–Kier alpha value is -2.60. The normalized spacial score (nSPS) is 30.5. The molecule has 1 amide bonds. The highest BCUT2D eigenvalue weighted by molar-refractivity contribution is 7.52. The molecule has 198 valence electrons. The van der Waals surface area contributed by atoms with Gasteiger partial charge in [-0.15, -0.1) is 0 Å². The maximum Gasteiger partial charge on any atom is 0.459 e. The van der Waals surface area contributed by atoms with Gasteiger partial charge in [0.15, 0.2) is 11.9 Å². The number of alkyl halides is 1. The second kappa shape index (κ2) is 11.6. The van der Waals surface area contributed by atoms with Crippen molar-refractivity contribution in [3.8, 4) is 5.75 Å². The van der Waals surface area contributed by atoms with Gasteiger partial charge in [0, 0.05) is 18.7 Å². The second-order valence-electron chi connectivity index (χ2n) is 8.60. The molecule has 36 heavy (non-hydrogen) atoms. The van der Waals surface area contributed by atoms with E-state index in [1.54, 1.807) is 18.2 Å². The summed E-state index contributed by atoms with van der Waals surface area (Å²) < 4.78 is 50.7. The quantitative estimate of drug-likeness (QED) is 0.221. The van der Waals surface area contributed by atoms with Gasteiger partial charge < -0.3 is 24.8 Å². The summed E-state index contributed by atoms with van der Waals surface area (Å²) in [7, 11) is -4.28. The largest absolute Gasteiger partial charge is 0.460 e. The Labute approximate surface area is 208 Å². The van der Waals surface area contributed by atoms with Crippen molar-refractivity contribution < 1.29 is 42.2 Å². The third kappa shape index (κ3) is 6.58. The Morgan fingerprint density at radius 3 is 2.81 bits per heavy atom. The number of nitrogens with two attached hydrogens (primary N) is 1. The van der Waals surface area contributed by atoms with E-state index in [0.29, 0.717) is 0 Å². The molecule has 0 saturated carbocycles. The summed E-state index contributed by atoms with van der Waals surface area (Å²) in [4.78, 5) is 25.6. The summed E-state index contributed by atoms with van der Waals surface area (Å²) in [6.45, 7) is 5.30. The van der Waals surface area contributed by atoms with Gasteiger partial charge in [-0.2, -0.15) is 5.09 Å². The van der Waals surface area contributed by atoms with Crippen LogP contribution in [0.25, 0.3) is 0 Å². The molecular weight excluding hydrogens is 496 g/mol. The second-order valence-corrected chi connectivity index (χ2v) is 10.3. The van der Waals surface area contributed by atoms with Crippen molar-refractivity contribution >= 4 is 19.6 Å². The molecule has 4 N–H and O–H groups in total. The summed E-state index contributed by atoms with van der Waals surface area (Å²) in [5.74, 6) is -1.04. The monoisotopic (exact) mass is 527 g/mol. The van der Waals surface area contributed by atoms with Crippen molar-refractivity contribution in [1.29, 1.82) is 0 Å². The minimum absolute atomic E-state index is 0.0480. The minimum atomic E-state index is -4.28. The molecule has 0 aliphatic carbocycles. The van der Waals surface area contributed by atoms with Crippen molar-refractivity contribution in [3.05, 3.63) is 55.3 Å². The first kappa shape index (κ1) is 28.0. The third-order valence-electron chi connectivity index (χ3n) is 5.59. The Balaban J connectivity index is 1.75. The fraction of sp³-hybridized carbons (Fsp3) is 0.478. The van der Waals surface area contributed by atoms with E-state index in [9.17, 15) is 19.3 Å². The number of halogens is 1. The van der Waals surface area contributed by atoms with E-state index in [2.05, 4.69) is 11.7 Å². The van der Waals surface area contributed by atoms with Crippen LogP contribution in [-0.4, -0.2) is 71.3 Å². The Kier molecular flexibility index (Phi) is 9.04. The molecule has 1 fully saturated rings. The van der Waals surface area contributed by atoms with Crippen molar-refractivity contribution in [2.45, 2.75) is 56.5 Å². The van der Waals surface area contributed by atoms with E-state index in [0.717, 1.165) is 11.8 Å². The number of carbonyl (C=O) groups is 2. The van der Waals surface area contributed by atoms with Crippen molar-refractivity contribution in [2.24, 2.45) is 5.73 Å². The Morgan fingerprint density at radius 2 is 2.17 bits per heavy atom. The number of esters is 1. The predicted octanol–water partition coefficient (Wildman–Crippen LogP) is 1.78. The zero-order valence-corrected chi connectivity index (χ0v) is 20.9. The average Bonchev–Trinajstić information content (AvgIpc) is 3.05. The van der Waals surface area contributed by atoms with E-state index in [1.165, 1.54) is 37.4 Å². The van der Waals surface area contributed by atoms with Gasteiger partial charge in [0.1, 0.15) is 30.6 Å². The molecule has 2 aliphatic heterocycles. The third-order valence-corrected chi connectivity index (χ3v) is 7.23. The first-order valence-corrected chi connectivity index (χ1v) is 12.8. The number of aliphatic hydroxyl groups is 1. The Bertz CT molecular complexity index is 1020. The molecule has 2 heterocycles. The van der Waals surface area contributed by atoms with Crippen LogP contribution in [0.15, 0.2) is 55.3 Å². The number of carbonyl (C=O) groups excluding carboxylic acids is 2. The lowest BCUT2D eigenvalue weighted by Gasteiger charge is -2.34. The molecule has 13 heteroatoms. The van der Waals surface area contributed by atoms with Gasteiger partial charge in [-0.3, -0.25) is 19.0 Å². The van der Waals surface area contributed by atoms with E-state index in [1.807, 2.05) is 0 Å². The topological polar surface area (TPSA) is 150 Å². The highest BCUT2D eigenvalue weighted by atomic mass is 31.2. The van der Waals surface area contributed by atoms with Crippen LogP contribution in [0.4, 0.5) is 4.39 Å². The van der Waals surface area contributed by atoms with Gasteiger partial charge in [0.25, 0.3) is 0 Å². The number of para-hydroxylation sites is 1. The highest BCUT2D eigenvalue weighted by Gasteiger charge is 2.57. The molecule has 1 saturated heterocycles. The van der Waals surface area contributed by atoms with E-state index >= 15 is 4.39 Å². The summed E-state index contributed by atoms with van der Waals surface area (Å²) >= 11 is 0. The SMILES string of the molecule is C=CCOC(=O)[C@H](C)N[P@](=O)(OC[C@H]1O[C@@H](N2C=CC(N)CC2=O)[C@](C)(F)[C@@H]1O)Oc1ccccc1. The zero-order chi connectivity index (χ0) is 26.5. The molecule has 0 spiro atoms. The molecule has 3 rings (SSSR count). The summed E-state index contributed by atoms with van der Waals surface area (Å²) in [6.07, 6.45) is -0.355. The molecule has 1 aromatic rings.